The van der Waals surface area contributed by atoms with E-state index < -0.39 is 0 Å². The van der Waals surface area contributed by atoms with Crippen LogP contribution in [0, 0.1) is 0 Å². The molecule has 3 rings (SSSR count). The van der Waals surface area contributed by atoms with E-state index in [1.807, 2.05) is 23.1 Å². The fourth-order valence-electron chi connectivity index (χ4n) is 3.35. The first-order valence-electron chi connectivity index (χ1n) is 10.2. The van der Waals surface area contributed by atoms with Crippen LogP contribution in [0.2, 0.25) is 0 Å². The van der Waals surface area contributed by atoms with Crippen LogP contribution in [0.5, 0.6) is 0 Å². The van der Waals surface area contributed by atoms with Gasteiger partial charge in [-0.2, -0.15) is 0 Å². The van der Waals surface area contributed by atoms with Gasteiger partial charge in [0.2, 0.25) is 5.91 Å². The molecule has 2 aromatic rings. The smallest absolute Gasteiger partial charge is 0.255 e. The van der Waals surface area contributed by atoms with E-state index in [0.29, 0.717) is 36.3 Å². The van der Waals surface area contributed by atoms with Crippen molar-refractivity contribution in [2.45, 2.75) is 32.1 Å². The third kappa shape index (κ3) is 6.17. The van der Waals surface area contributed by atoms with Gasteiger partial charge in [-0.1, -0.05) is 24.6 Å². The molecule has 0 aliphatic carbocycles. The summed E-state index contributed by atoms with van der Waals surface area (Å²) in [5.74, 6) is -0.124. The Kier molecular flexibility index (Phi) is 7.39. The molecular weight excluding hydrogens is 366 g/mol. The van der Waals surface area contributed by atoms with Crippen LogP contribution < -0.4 is 10.6 Å². The summed E-state index contributed by atoms with van der Waals surface area (Å²) in [7, 11) is 0. The molecule has 152 valence electrons. The lowest BCUT2D eigenvalue weighted by molar-refractivity contribution is -0.130. The highest BCUT2D eigenvalue weighted by Gasteiger charge is 2.16. The lowest BCUT2D eigenvalue weighted by atomic mass is 10.1. The van der Waals surface area contributed by atoms with Crippen molar-refractivity contribution in [3.05, 3.63) is 65.7 Å². The number of carbonyl (C=O) groups is 3. The van der Waals surface area contributed by atoms with Gasteiger partial charge in [0.15, 0.2) is 0 Å². The second-order valence-corrected chi connectivity index (χ2v) is 7.20. The molecule has 1 aliphatic heterocycles. The van der Waals surface area contributed by atoms with Gasteiger partial charge in [-0.25, -0.2) is 0 Å². The molecule has 2 N–H and O–H groups in total. The van der Waals surface area contributed by atoms with Gasteiger partial charge in [0.25, 0.3) is 11.8 Å². The number of rotatable bonds is 7. The molecule has 0 radical (unpaired) electrons. The number of hydrogen-bond donors (Lipinski definition) is 2. The van der Waals surface area contributed by atoms with Crippen molar-refractivity contribution in [2.24, 2.45) is 0 Å². The van der Waals surface area contributed by atoms with Crippen LogP contribution in [0.25, 0.3) is 0 Å². The average molecular weight is 393 g/mol. The summed E-state index contributed by atoms with van der Waals surface area (Å²) in [6.07, 6.45) is 4.53. The van der Waals surface area contributed by atoms with E-state index in [2.05, 4.69) is 10.6 Å². The maximum absolute atomic E-state index is 12.3. The van der Waals surface area contributed by atoms with Crippen molar-refractivity contribution in [1.82, 2.24) is 10.2 Å². The first-order valence-corrected chi connectivity index (χ1v) is 10.2. The maximum atomic E-state index is 12.3. The third-order valence-corrected chi connectivity index (χ3v) is 5.00. The minimum atomic E-state index is -0.189. The molecule has 1 aliphatic rings. The monoisotopic (exact) mass is 393 g/mol. The lowest BCUT2D eigenvalue weighted by Gasteiger charge is -2.20. The third-order valence-electron chi connectivity index (χ3n) is 5.00. The predicted octanol–water partition coefficient (Wildman–Crippen LogP) is 3.46. The summed E-state index contributed by atoms with van der Waals surface area (Å²) in [5, 5.41) is 5.70. The van der Waals surface area contributed by atoms with Crippen LogP contribution in [0.1, 0.15) is 52.8 Å². The fraction of sp³-hybridized carbons (Fsp3) is 0.348. The highest BCUT2D eigenvalue weighted by Crippen LogP contribution is 2.13. The predicted molar refractivity (Wildman–Crippen MR) is 113 cm³/mol. The molecule has 0 bridgehead atoms. The van der Waals surface area contributed by atoms with Gasteiger partial charge in [-0.05, 0) is 55.7 Å². The Morgan fingerprint density at radius 1 is 0.862 bits per heavy atom. The number of anilines is 1. The number of nitrogens with one attached hydrogen (secondary N) is 2. The van der Waals surface area contributed by atoms with Crippen LogP contribution in [-0.4, -0.2) is 42.3 Å². The Labute approximate surface area is 171 Å². The summed E-state index contributed by atoms with van der Waals surface area (Å²) in [6.45, 7) is 2.03. The summed E-state index contributed by atoms with van der Waals surface area (Å²) in [6, 6.07) is 15.8. The Balaban J connectivity index is 1.43. The van der Waals surface area contributed by atoms with Gasteiger partial charge in [-0.3, -0.25) is 14.4 Å². The molecule has 0 atom stereocenters. The molecule has 0 unspecified atom stereocenters. The summed E-state index contributed by atoms with van der Waals surface area (Å²) >= 11 is 0. The quantitative estimate of drug-likeness (QED) is 0.707. The number of carbonyl (C=O) groups excluding carboxylic acids is 3. The molecule has 29 heavy (non-hydrogen) atoms. The molecule has 2 aromatic carbocycles. The Hall–Kier alpha value is -3.15. The van der Waals surface area contributed by atoms with Gasteiger partial charge in [0.1, 0.15) is 0 Å². The van der Waals surface area contributed by atoms with E-state index in [1.54, 1.807) is 36.4 Å². The molecular formula is C23H27N3O3. The highest BCUT2D eigenvalue weighted by atomic mass is 16.2. The standard InChI is InChI=1S/C23H27N3O3/c27-21-10-5-2-6-16-26(21)17-7-15-24-22(28)19-11-13-20(14-12-19)25-23(29)18-8-3-1-4-9-18/h1,3-4,8-9,11-14H,2,5-7,10,15-17H2,(H,24,28)(H,25,29). The van der Waals surface area contributed by atoms with E-state index in [1.165, 1.54) is 0 Å². The van der Waals surface area contributed by atoms with Crippen LogP contribution in [0.3, 0.4) is 0 Å². The topological polar surface area (TPSA) is 78.5 Å². The van der Waals surface area contributed by atoms with E-state index in [4.69, 9.17) is 0 Å². The molecule has 0 spiro atoms. The average Bonchev–Trinajstić information content (AvgIpc) is 2.96. The zero-order valence-corrected chi connectivity index (χ0v) is 16.5. The molecule has 6 heteroatoms. The fourth-order valence-corrected chi connectivity index (χ4v) is 3.35. The molecule has 0 saturated carbocycles. The number of nitrogens with zero attached hydrogens (tertiary/aromatic N) is 1. The Morgan fingerprint density at radius 2 is 1.59 bits per heavy atom. The maximum Gasteiger partial charge on any atom is 0.255 e. The summed E-state index contributed by atoms with van der Waals surface area (Å²) < 4.78 is 0. The Bertz CT molecular complexity index is 834. The molecule has 1 heterocycles. The lowest BCUT2D eigenvalue weighted by Crippen LogP contribution is -2.34. The van der Waals surface area contributed by atoms with Crippen molar-refractivity contribution >= 4 is 23.4 Å². The summed E-state index contributed by atoms with van der Waals surface area (Å²) in [5.41, 5.74) is 1.75. The number of likely N-dealkylation sites (tertiary alicyclic amines) is 1. The molecule has 6 nitrogen and oxygen atoms in total. The van der Waals surface area contributed by atoms with Crippen LogP contribution in [0.15, 0.2) is 54.6 Å². The van der Waals surface area contributed by atoms with Crippen molar-refractivity contribution < 1.29 is 14.4 Å². The first-order chi connectivity index (χ1) is 14.1. The van der Waals surface area contributed by atoms with Crippen molar-refractivity contribution in [2.75, 3.05) is 25.0 Å². The van der Waals surface area contributed by atoms with E-state index in [9.17, 15) is 14.4 Å². The largest absolute Gasteiger partial charge is 0.352 e. The van der Waals surface area contributed by atoms with Crippen LogP contribution in [-0.2, 0) is 4.79 Å². The number of benzene rings is 2. The van der Waals surface area contributed by atoms with Crippen LogP contribution in [0.4, 0.5) is 5.69 Å². The number of amides is 3. The zero-order chi connectivity index (χ0) is 20.5. The minimum Gasteiger partial charge on any atom is -0.352 e. The van der Waals surface area contributed by atoms with Crippen molar-refractivity contribution in [1.29, 1.82) is 0 Å². The van der Waals surface area contributed by atoms with Gasteiger partial charge in [0, 0.05) is 42.9 Å². The molecule has 3 amide bonds. The van der Waals surface area contributed by atoms with E-state index in [0.717, 1.165) is 32.2 Å². The normalized spacial score (nSPS) is 14.2. The second kappa shape index (κ2) is 10.4. The van der Waals surface area contributed by atoms with E-state index >= 15 is 0 Å². The Morgan fingerprint density at radius 3 is 2.34 bits per heavy atom. The number of hydrogen-bond acceptors (Lipinski definition) is 3. The van der Waals surface area contributed by atoms with Gasteiger partial charge < -0.3 is 15.5 Å². The zero-order valence-electron chi connectivity index (χ0n) is 16.5. The minimum absolute atomic E-state index is 0.159. The summed E-state index contributed by atoms with van der Waals surface area (Å²) in [4.78, 5) is 38.3. The van der Waals surface area contributed by atoms with Crippen LogP contribution >= 0.6 is 0 Å². The highest BCUT2D eigenvalue weighted by molar-refractivity contribution is 6.04. The van der Waals surface area contributed by atoms with Gasteiger partial charge >= 0.3 is 0 Å². The SMILES string of the molecule is O=C(NCCCN1CCCCCC1=O)c1ccc(NC(=O)c2ccccc2)cc1. The van der Waals surface area contributed by atoms with Gasteiger partial charge in [0.05, 0.1) is 0 Å². The van der Waals surface area contributed by atoms with Crippen molar-refractivity contribution in [3.63, 3.8) is 0 Å². The van der Waals surface area contributed by atoms with Gasteiger partial charge in [-0.15, -0.1) is 0 Å². The van der Waals surface area contributed by atoms with E-state index in [-0.39, 0.29) is 17.7 Å². The molecule has 1 saturated heterocycles. The molecule has 0 aromatic heterocycles. The van der Waals surface area contributed by atoms with Crippen molar-refractivity contribution in [3.8, 4) is 0 Å². The molecule has 1 fully saturated rings. The first kappa shape index (κ1) is 20.6. The second-order valence-electron chi connectivity index (χ2n) is 7.20.